The van der Waals surface area contributed by atoms with Gasteiger partial charge in [0.1, 0.15) is 22.2 Å². The molecule has 0 spiro atoms. The van der Waals surface area contributed by atoms with Crippen LogP contribution in [-0.2, 0) is 4.74 Å². The third-order valence-corrected chi connectivity index (χ3v) is 6.98. The summed E-state index contributed by atoms with van der Waals surface area (Å²) in [5, 5.41) is 9.04. The lowest BCUT2D eigenvalue weighted by molar-refractivity contribution is 0.0532. The molecular formula is C25H15Cl3F2N4O2S. The van der Waals surface area contributed by atoms with E-state index in [2.05, 4.69) is 15.4 Å². The Kier molecular flexibility index (Phi) is 7.04. The third kappa shape index (κ3) is 5.00. The molecule has 188 valence electrons. The first-order chi connectivity index (χ1) is 17.7. The summed E-state index contributed by atoms with van der Waals surface area (Å²) in [5.41, 5.74) is 1.30. The maximum Gasteiger partial charge on any atom is 0.350 e. The maximum atomic E-state index is 15.2. The van der Waals surface area contributed by atoms with E-state index in [1.165, 1.54) is 35.1 Å². The number of fused-ring (bicyclic) bond motifs is 1. The first kappa shape index (κ1) is 25.4. The lowest BCUT2D eigenvalue weighted by Crippen LogP contribution is -2.02. The zero-order valence-corrected chi connectivity index (χ0v) is 21.9. The Labute approximate surface area is 228 Å². The van der Waals surface area contributed by atoms with Crippen molar-refractivity contribution in [1.29, 1.82) is 0 Å². The van der Waals surface area contributed by atoms with E-state index < -0.39 is 17.6 Å². The molecule has 5 aromatic rings. The molecule has 3 aromatic carbocycles. The Morgan fingerprint density at radius 3 is 2.57 bits per heavy atom. The first-order valence-corrected chi connectivity index (χ1v) is 12.7. The molecular weight excluding hydrogens is 565 g/mol. The van der Waals surface area contributed by atoms with Crippen LogP contribution < -0.4 is 5.32 Å². The average Bonchev–Trinajstić information content (AvgIpc) is 3.46. The second-order valence-electron chi connectivity index (χ2n) is 7.70. The predicted molar refractivity (Wildman–Crippen MR) is 143 cm³/mol. The summed E-state index contributed by atoms with van der Waals surface area (Å²) in [5.74, 6) is -1.73. The molecule has 6 nitrogen and oxygen atoms in total. The molecule has 0 unspecified atom stereocenters. The van der Waals surface area contributed by atoms with E-state index in [0.717, 1.165) is 11.3 Å². The molecule has 5 rings (SSSR count). The van der Waals surface area contributed by atoms with Crippen molar-refractivity contribution in [3.05, 3.63) is 86.3 Å². The minimum Gasteiger partial charge on any atom is -0.462 e. The molecule has 0 saturated carbocycles. The highest BCUT2D eigenvalue weighted by atomic mass is 35.5. The van der Waals surface area contributed by atoms with Crippen molar-refractivity contribution in [3.8, 4) is 16.9 Å². The van der Waals surface area contributed by atoms with Crippen molar-refractivity contribution in [2.24, 2.45) is 0 Å². The van der Waals surface area contributed by atoms with Gasteiger partial charge in [-0.1, -0.05) is 46.1 Å². The van der Waals surface area contributed by atoms with Crippen LogP contribution in [0.25, 0.3) is 27.8 Å². The summed E-state index contributed by atoms with van der Waals surface area (Å²) in [6, 6.07) is 11.8. The molecule has 12 heteroatoms. The topological polar surface area (TPSA) is 69.0 Å². The number of carbonyl (C=O) groups excluding carboxylic acids is 1. The van der Waals surface area contributed by atoms with E-state index in [1.807, 2.05) is 0 Å². The SMILES string of the molecule is CCOC(=O)c1cnc(Nc2cc(Cl)c(-n3nc(-c4ccc(Cl)cc4F)c4cc(Cl)ccc43)cc2F)s1. The summed E-state index contributed by atoms with van der Waals surface area (Å²) < 4.78 is 36.4. The number of thiazole rings is 1. The van der Waals surface area contributed by atoms with Crippen LogP contribution in [0.2, 0.25) is 15.1 Å². The molecule has 0 fully saturated rings. The van der Waals surface area contributed by atoms with Crippen molar-refractivity contribution in [2.75, 3.05) is 11.9 Å². The predicted octanol–water partition coefficient (Wildman–Crippen LogP) is 8.31. The number of benzene rings is 3. The highest BCUT2D eigenvalue weighted by molar-refractivity contribution is 7.17. The lowest BCUT2D eigenvalue weighted by Gasteiger charge is -2.11. The minimum atomic E-state index is -0.649. The van der Waals surface area contributed by atoms with Crippen molar-refractivity contribution in [3.63, 3.8) is 0 Å². The standard InChI is InChI=1S/C25H15Cl3F2N4O2S/c1-2-36-24(35)22-11-31-25(37-22)32-19-9-16(28)21(10-18(19)30)34-20-6-4-12(26)7-15(20)23(33-34)14-5-3-13(27)8-17(14)29/h3-11H,2H2,1H3,(H,31,32). The number of carbonyl (C=O) groups is 1. The number of nitrogens with zero attached hydrogens (tertiary/aromatic N) is 3. The van der Waals surface area contributed by atoms with Gasteiger partial charge >= 0.3 is 5.97 Å². The zero-order valence-electron chi connectivity index (χ0n) is 18.9. The van der Waals surface area contributed by atoms with Crippen LogP contribution in [0.1, 0.15) is 16.6 Å². The second kappa shape index (κ2) is 10.3. The van der Waals surface area contributed by atoms with Gasteiger partial charge in [-0.05, 0) is 49.4 Å². The molecule has 0 bridgehead atoms. The average molecular weight is 580 g/mol. The smallest absolute Gasteiger partial charge is 0.350 e. The molecule has 0 atom stereocenters. The molecule has 2 aromatic heterocycles. The molecule has 0 saturated heterocycles. The fourth-order valence-electron chi connectivity index (χ4n) is 3.69. The highest BCUT2D eigenvalue weighted by Gasteiger charge is 2.20. The van der Waals surface area contributed by atoms with Gasteiger partial charge in [0.2, 0.25) is 0 Å². The number of anilines is 2. The van der Waals surface area contributed by atoms with Crippen LogP contribution in [0, 0.1) is 11.6 Å². The molecule has 0 radical (unpaired) electrons. The molecule has 1 N–H and O–H groups in total. The maximum absolute atomic E-state index is 15.2. The number of esters is 1. The largest absolute Gasteiger partial charge is 0.462 e. The Morgan fingerprint density at radius 1 is 1.05 bits per heavy atom. The number of aromatic nitrogens is 3. The van der Waals surface area contributed by atoms with E-state index in [4.69, 9.17) is 39.5 Å². The summed E-state index contributed by atoms with van der Waals surface area (Å²) >= 11 is 19.7. The Morgan fingerprint density at radius 2 is 1.81 bits per heavy atom. The van der Waals surface area contributed by atoms with Crippen molar-refractivity contribution >= 4 is 73.8 Å². The van der Waals surface area contributed by atoms with Gasteiger partial charge < -0.3 is 10.1 Å². The number of hydrogen-bond donors (Lipinski definition) is 1. The van der Waals surface area contributed by atoms with E-state index >= 15 is 4.39 Å². The number of ether oxygens (including phenoxy) is 1. The van der Waals surface area contributed by atoms with Gasteiger partial charge in [-0.25, -0.2) is 23.2 Å². The van der Waals surface area contributed by atoms with Gasteiger partial charge in [0.15, 0.2) is 5.13 Å². The van der Waals surface area contributed by atoms with E-state index in [0.29, 0.717) is 21.6 Å². The van der Waals surface area contributed by atoms with E-state index in [9.17, 15) is 9.18 Å². The summed E-state index contributed by atoms with van der Waals surface area (Å²) in [6.45, 7) is 1.93. The number of hydrogen-bond acceptors (Lipinski definition) is 6. The highest BCUT2D eigenvalue weighted by Crippen LogP contribution is 2.37. The van der Waals surface area contributed by atoms with Crippen LogP contribution in [-0.4, -0.2) is 27.3 Å². The number of rotatable bonds is 6. The van der Waals surface area contributed by atoms with Crippen molar-refractivity contribution in [2.45, 2.75) is 6.92 Å². The summed E-state index contributed by atoms with van der Waals surface area (Å²) in [7, 11) is 0. The molecule has 0 aliphatic carbocycles. The van der Waals surface area contributed by atoms with Crippen LogP contribution in [0.5, 0.6) is 0 Å². The molecule has 2 heterocycles. The molecule has 0 amide bonds. The Hall–Kier alpha value is -3.24. The van der Waals surface area contributed by atoms with Gasteiger partial charge in [-0.15, -0.1) is 0 Å². The van der Waals surface area contributed by atoms with Gasteiger partial charge in [0.25, 0.3) is 0 Å². The second-order valence-corrected chi connectivity index (χ2v) is 10.0. The van der Waals surface area contributed by atoms with Gasteiger partial charge in [0, 0.05) is 27.1 Å². The lowest BCUT2D eigenvalue weighted by atomic mass is 10.1. The molecule has 0 aliphatic heterocycles. The normalized spacial score (nSPS) is 11.2. The molecule has 0 aliphatic rings. The third-order valence-electron chi connectivity index (χ3n) is 5.32. The quantitative estimate of drug-likeness (QED) is 0.205. The van der Waals surface area contributed by atoms with Gasteiger partial charge in [-0.2, -0.15) is 5.10 Å². The van der Waals surface area contributed by atoms with Crippen molar-refractivity contribution < 1.29 is 18.3 Å². The molecule has 37 heavy (non-hydrogen) atoms. The van der Waals surface area contributed by atoms with Crippen LogP contribution in [0.4, 0.5) is 19.6 Å². The zero-order chi connectivity index (χ0) is 26.3. The minimum absolute atomic E-state index is 0.0435. The van der Waals surface area contributed by atoms with Gasteiger partial charge in [0.05, 0.1) is 34.7 Å². The van der Waals surface area contributed by atoms with Crippen molar-refractivity contribution in [1.82, 2.24) is 14.8 Å². The summed E-state index contributed by atoms with van der Waals surface area (Å²) in [6.07, 6.45) is 1.34. The monoisotopic (exact) mass is 578 g/mol. The van der Waals surface area contributed by atoms with Crippen LogP contribution >= 0.6 is 46.1 Å². The van der Waals surface area contributed by atoms with E-state index in [-0.39, 0.29) is 43.6 Å². The fourth-order valence-corrected chi connectivity index (χ4v) is 4.99. The van der Waals surface area contributed by atoms with Crippen LogP contribution in [0.15, 0.2) is 54.7 Å². The first-order valence-electron chi connectivity index (χ1n) is 10.8. The number of nitrogens with one attached hydrogen (secondary N) is 1. The summed E-state index contributed by atoms with van der Waals surface area (Å²) in [4.78, 5) is 16.2. The fraction of sp³-hybridized carbons (Fsp3) is 0.0800. The Balaban J connectivity index is 1.56. The van der Waals surface area contributed by atoms with Crippen LogP contribution in [0.3, 0.4) is 0 Å². The van der Waals surface area contributed by atoms with Gasteiger partial charge in [-0.3, -0.25) is 0 Å². The number of halogens is 5. The van der Waals surface area contributed by atoms with E-state index in [1.54, 1.807) is 31.2 Å². The Bertz CT molecular complexity index is 1670.